The van der Waals surface area contributed by atoms with Crippen molar-refractivity contribution in [2.24, 2.45) is 0 Å². The first-order valence-electron chi connectivity index (χ1n) is 5.62. The molecule has 2 rings (SSSR count). The molecule has 1 aromatic heterocycles. The fourth-order valence-corrected chi connectivity index (χ4v) is 1.72. The second-order valence-electron chi connectivity index (χ2n) is 3.88. The Morgan fingerprint density at radius 1 is 1.59 bits per heavy atom. The molecule has 6 heteroatoms. The fourth-order valence-electron chi connectivity index (χ4n) is 1.72. The van der Waals surface area contributed by atoms with E-state index in [2.05, 4.69) is 10.2 Å². The highest BCUT2D eigenvalue weighted by molar-refractivity contribution is 5.73. The van der Waals surface area contributed by atoms with Crippen LogP contribution in [0.15, 0.2) is 12.1 Å². The predicted molar refractivity (Wildman–Crippen MR) is 61.0 cm³/mol. The third-order valence-electron chi connectivity index (χ3n) is 2.73. The molecule has 0 radical (unpaired) electrons. The van der Waals surface area contributed by atoms with E-state index >= 15 is 0 Å². The van der Waals surface area contributed by atoms with Gasteiger partial charge in [-0.2, -0.15) is 5.10 Å². The van der Waals surface area contributed by atoms with E-state index < -0.39 is 12.1 Å². The quantitative estimate of drug-likeness (QED) is 0.816. The van der Waals surface area contributed by atoms with Gasteiger partial charge in [0.1, 0.15) is 0 Å². The molecule has 1 N–H and O–H groups in total. The normalized spacial score (nSPS) is 20.3. The minimum atomic E-state index is -0.937. The van der Waals surface area contributed by atoms with Crippen LogP contribution in [-0.2, 0) is 16.0 Å². The van der Waals surface area contributed by atoms with Gasteiger partial charge in [0.15, 0.2) is 11.9 Å². The maximum Gasteiger partial charge on any atom is 0.334 e. The van der Waals surface area contributed by atoms with Gasteiger partial charge in [0.05, 0.1) is 18.8 Å². The third-order valence-corrected chi connectivity index (χ3v) is 2.73. The van der Waals surface area contributed by atoms with Crippen molar-refractivity contribution in [1.82, 2.24) is 10.2 Å². The number of hydrogen-bond donors (Lipinski definition) is 1. The van der Waals surface area contributed by atoms with Gasteiger partial charge in [0.25, 0.3) is 0 Å². The van der Waals surface area contributed by atoms with Crippen molar-refractivity contribution in [2.45, 2.75) is 19.4 Å². The lowest BCUT2D eigenvalue weighted by atomic mass is 10.2. The smallest absolute Gasteiger partial charge is 0.334 e. The summed E-state index contributed by atoms with van der Waals surface area (Å²) < 4.78 is 5.15. The Balaban J connectivity index is 2.08. The van der Waals surface area contributed by atoms with Gasteiger partial charge >= 0.3 is 5.97 Å². The van der Waals surface area contributed by atoms with Gasteiger partial charge in [0, 0.05) is 6.54 Å². The Morgan fingerprint density at radius 3 is 3.00 bits per heavy atom. The summed E-state index contributed by atoms with van der Waals surface area (Å²) in [5, 5.41) is 17.1. The Labute approximate surface area is 99.2 Å². The Morgan fingerprint density at radius 2 is 2.41 bits per heavy atom. The molecule has 0 spiro atoms. The number of ether oxygens (including phenoxy) is 1. The largest absolute Gasteiger partial charge is 0.479 e. The van der Waals surface area contributed by atoms with Crippen LogP contribution < -0.4 is 4.90 Å². The number of carbonyl (C=O) groups is 1. The molecule has 0 aromatic carbocycles. The molecule has 1 aliphatic heterocycles. The van der Waals surface area contributed by atoms with Crippen molar-refractivity contribution in [3.63, 3.8) is 0 Å². The summed E-state index contributed by atoms with van der Waals surface area (Å²) in [5.41, 5.74) is 0.928. The van der Waals surface area contributed by atoms with Gasteiger partial charge in [0.2, 0.25) is 0 Å². The summed E-state index contributed by atoms with van der Waals surface area (Å²) in [6, 6.07) is 3.78. The van der Waals surface area contributed by atoms with Crippen molar-refractivity contribution in [3.8, 4) is 0 Å². The summed E-state index contributed by atoms with van der Waals surface area (Å²) in [4.78, 5) is 12.7. The molecule has 1 aromatic rings. The van der Waals surface area contributed by atoms with Crippen LogP contribution in [0.1, 0.15) is 12.6 Å². The summed E-state index contributed by atoms with van der Waals surface area (Å²) in [5.74, 6) is -0.232. The van der Waals surface area contributed by atoms with E-state index in [-0.39, 0.29) is 0 Å². The third kappa shape index (κ3) is 2.71. The zero-order valence-electron chi connectivity index (χ0n) is 9.67. The molecule has 92 valence electrons. The molecule has 0 saturated carbocycles. The molecule has 0 amide bonds. The predicted octanol–water partition coefficient (Wildman–Crippen LogP) is 0.329. The highest BCUT2D eigenvalue weighted by Gasteiger charge is 2.26. The topological polar surface area (TPSA) is 75.5 Å². The number of hydrogen-bond acceptors (Lipinski definition) is 5. The molecular formula is C11H15N3O3. The number of carboxylic acids is 1. The number of aromatic nitrogens is 2. The molecule has 0 bridgehead atoms. The lowest BCUT2D eigenvalue weighted by molar-refractivity contribution is -0.150. The average molecular weight is 237 g/mol. The number of aryl methyl sites for hydroxylation is 1. The van der Waals surface area contributed by atoms with E-state index in [1.165, 1.54) is 0 Å². The van der Waals surface area contributed by atoms with Gasteiger partial charge in [-0.1, -0.05) is 6.92 Å². The monoisotopic (exact) mass is 237 g/mol. The molecular weight excluding hydrogens is 222 g/mol. The van der Waals surface area contributed by atoms with E-state index in [4.69, 9.17) is 9.84 Å². The number of carboxylic acid groups (broad SMARTS) is 1. The van der Waals surface area contributed by atoms with Crippen molar-refractivity contribution in [3.05, 3.63) is 17.8 Å². The van der Waals surface area contributed by atoms with Crippen LogP contribution in [-0.4, -0.2) is 47.1 Å². The van der Waals surface area contributed by atoms with Gasteiger partial charge < -0.3 is 14.7 Å². The number of anilines is 1. The minimum Gasteiger partial charge on any atom is -0.479 e. The first-order chi connectivity index (χ1) is 8.20. The number of morpholine rings is 1. The lowest BCUT2D eigenvalue weighted by Crippen LogP contribution is -2.46. The zero-order chi connectivity index (χ0) is 12.3. The molecule has 6 nitrogen and oxygen atoms in total. The molecule has 1 unspecified atom stereocenters. The number of aliphatic carboxylic acids is 1. The molecule has 2 heterocycles. The van der Waals surface area contributed by atoms with Crippen LogP contribution in [0.4, 0.5) is 5.82 Å². The fraction of sp³-hybridized carbons (Fsp3) is 0.545. The zero-order valence-corrected chi connectivity index (χ0v) is 9.67. The second kappa shape index (κ2) is 5.09. The highest BCUT2D eigenvalue weighted by atomic mass is 16.5. The van der Waals surface area contributed by atoms with Gasteiger partial charge in [-0.15, -0.1) is 5.10 Å². The van der Waals surface area contributed by atoms with Crippen molar-refractivity contribution < 1.29 is 14.6 Å². The van der Waals surface area contributed by atoms with E-state index in [1.807, 2.05) is 24.0 Å². The second-order valence-corrected chi connectivity index (χ2v) is 3.88. The van der Waals surface area contributed by atoms with Gasteiger partial charge in [-0.05, 0) is 18.6 Å². The SMILES string of the molecule is CCc1ccc(N2CCOC(C(=O)O)C2)nn1. The summed E-state index contributed by atoms with van der Waals surface area (Å²) in [7, 11) is 0. The maximum atomic E-state index is 10.8. The van der Waals surface area contributed by atoms with Crippen LogP contribution in [0.25, 0.3) is 0 Å². The van der Waals surface area contributed by atoms with Crippen LogP contribution >= 0.6 is 0 Å². The summed E-state index contributed by atoms with van der Waals surface area (Å²) in [6.45, 7) is 3.37. The molecule has 1 aliphatic rings. The minimum absolute atomic E-state index is 0.315. The van der Waals surface area contributed by atoms with Gasteiger partial charge in [-0.3, -0.25) is 0 Å². The molecule has 1 fully saturated rings. The van der Waals surface area contributed by atoms with E-state index in [0.29, 0.717) is 25.5 Å². The van der Waals surface area contributed by atoms with Crippen LogP contribution in [0, 0.1) is 0 Å². The Kier molecular flexibility index (Phi) is 3.53. The number of rotatable bonds is 3. The molecule has 0 aliphatic carbocycles. The molecule has 1 saturated heterocycles. The first kappa shape index (κ1) is 11.8. The first-order valence-corrected chi connectivity index (χ1v) is 5.62. The van der Waals surface area contributed by atoms with Crippen molar-refractivity contribution in [1.29, 1.82) is 0 Å². The van der Waals surface area contributed by atoms with Crippen molar-refractivity contribution >= 4 is 11.8 Å². The van der Waals surface area contributed by atoms with E-state index in [9.17, 15) is 4.79 Å². The number of nitrogens with zero attached hydrogens (tertiary/aromatic N) is 3. The molecule has 17 heavy (non-hydrogen) atoms. The van der Waals surface area contributed by atoms with Crippen LogP contribution in [0.3, 0.4) is 0 Å². The van der Waals surface area contributed by atoms with Crippen molar-refractivity contribution in [2.75, 3.05) is 24.6 Å². The van der Waals surface area contributed by atoms with Gasteiger partial charge in [-0.25, -0.2) is 4.79 Å². The van der Waals surface area contributed by atoms with E-state index in [1.54, 1.807) is 0 Å². The lowest BCUT2D eigenvalue weighted by Gasteiger charge is -2.31. The summed E-state index contributed by atoms with van der Waals surface area (Å²) >= 11 is 0. The maximum absolute atomic E-state index is 10.8. The summed E-state index contributed by atoms with van der Waals surface area (Å²) in [6.07, 6.45) is 0.0603. The molecule has 1 atom stereocenters. The standard InChI is InChI=1S/C11H15N3O3/c1-2-8-3-4-10(13-12-8)14-5-6-17-9(7-14)11(15)16/h3-4,9H,2,5-7H2,1H3,(H,15,16). The average Bonchev–Trinajstić information content (AvgIpc) is 2.39. The van der Waals surface area contributed by atoms with E-state index in [0.717, 1.165) is 12.1 Å². The Bertz CT molecular complexity index is 393. The van der Waals surface area contributed by atoms with Crippen LogP contribution in [0.5, 0.6) is 0 Å². The van der Waals surface area contributed by atoms with Crippen LogP contribution in [0.2, 0.25) is 0 Å². The Hall–Kier alpha value is -1.69. The highest BCUT2D eigenvalue weighted by Crippen LogP contribution is 2.14.